The summed E-state index contributed by atoms with van der Waals surface area (Å²) in [4.78, 5) is 16.5. The smallest absolute Gasteiger partial charge is 0.260 e. The minimum absolute atomic E-state index is 0.303. The van der Waals surface area contributed by atoms with E-state index in [1.165, 1.54) is 0 Å². The van der Waals surface area contributed by atoms with Crippen molar-refractivity contribution in [2.75, 3.05) is 0 Å². The molecule has 1 atom stereocenters. The number of carbonyl (C=O) groups is 1. The van der Waals surface area contributed by atoms with E-state index in [2.05, 4.69) is 12.1 Å². The Morgan fingerprint density at radius 3 is 2.82 bits per heavy atom. The van der Waals surface area contributed by atoms with E-state index < -0.39 is 6.04 Å². The van der Waals surface area contributed by atoms with E-state index in [0.717, 1.165) is 5.56 Å². The standard InChI is InChI=1S/C13H18N2O2/c1-2-3-9-12(14)13(16)15-17-10-11-7-5-4-6-8-11/h2,4-8,12H,1,3,9-10,14H2,(H,15,16). The molecule has 0 radical (unpaired) electrons. The van der Waals surface area contributed by atoms with Gasteiger partial charge in [-0.2, -0.15) is 0 Å². The second kappa shape index (κ2) is 7.60. The lowest BCUT2D eigenvalue weighted by Gasteiger charge is -2.11. The van der Waals surface area contributed by atoms with Crippen LogP contribution in [-0.4, -0.2) is 11.9 Å². The summed E-state index contributed by atoms with van der Waals surface area (Å²) in [5.41, 5.74) is 8.98. The van der Waals surface area contributed by atoms with Crippen LogP contribution in [0.3, 0.4) is 0 Å². The fourth-order valence-corrected chi connectivity index (χ4v) is 1.27. The van der Waals surface area contributed by atoms with Crippen LogP contribution in [0, 0.1) is 0 Å². The molecule has 0 aliphatic rings. The summed E-state index contributed by atoms with van der Waals surface area (Å²) in [5.74, 6) is -0.303. The van der Waals surface area contributed by atoms with E-state index >= 15 is 0 Å². The first kappa shape index (κ1) is 13.4. The Morgan fingerprint density at radius 2 is 2.18 bits per heavy atom. The number of hydroxylamine groups is 1. The number of nitrogens with one attached hydrogen (secondary N) is 1. The minimum atomic E-state index is -0.552. The number of hydrogen-bond donors (Lipinski definition) is 2. The zero-order chi connectivity index (χ0) is 12.5. The molecule has 1 rings (SSSR count). The van der Waals surface area contributed by atoms with E-state index in [1.54, 1.807) is 6.08 Å². The number of benzene rings is 1. The van der Waals surface area contributed by atoms with Gasteiger partial charge in [0.15, 0.2) is 0 Å². The van der Waals surface area contributed by atoms with Gasteiger partial charge in [0.2, 0.25) is 0 Å². The first-order chi connectivity index (χ1) is 8.24. The zero-order valence-electron chi connectivity index (χ0n) is 9.76. The highest BCUT2D eigenvalue weighted by Gasteiger charge is 2.11. The fraction of sp³-hybridized carbons (Fsp3) is 0.308. The summed E-state index contributed by atoms with van der Waals surface area (Å²) < 4.78 is 0. The maximum absolute atomic E-state index is 11.4. The molecule has 0 aliphatic heterocycles. The summed E-state index contributed by atoms with van der Waals surface area (Å²) in [6.45, 7) is 3.91. The highest BCUT2D eigenvalue weighted by atomic mass is 16.6. The quantitative estimate of drug-likeness (QED) is 0.555. The number of rotatable bonds is 7. The third-order valence-corrected chi connectivity index (χ3v) is 2.27. The molecule has 1 aromatic carbocycles. The summed E-state index contributed by atoms with van der Waals surface area (Å²) >= 11 is 0. The first-order valence-corrected chi connectivity index (χ1v) is 5.56. The second-order valence-electron chi connectivity index (χ2n) is 3.71. The average molecular weight is 234 g/mol. The first-order valence-electron chi connectivity index (χ1n) is 5.56. The number of carbonyl (C=O) groups excluding carboxylic acids is 1. The zero-order valence-corrected chi connectivity index (χ0v) is 9.76. The molecule has 0 spiro atoms. The van der Waals surface area contributed by atoms with Crippen molar-refractivity contribution in [3.05, 3.63) is 48.6 Å². The Kier molecular flexibility index (Phi) is 5.99. The van der Waals surface area contributed by atoms with Gasteiger partial charge in [0.05, 0.1) is 12.6 Å². The van der Waals surface area contributed by atoms with Gasteiger partial charge in [-0.3, -0.25) is 9.63 Å². The van der Waals surface area contributed by atoms with Crippen molar-refractivity contribution in [1.29, 1.82) is 0 Å². The van der Waals surface area contributed by atoms with Gasteiger partial charge in [-0.15, -0.1) is 6.58 Å². The molecular weight excluding hydrogens is 216 g/mol. The summed E-state index contributed by atoms with van der Waals surface area (Å²) in [7, 11) is 0. The minimum Gasteiger partial charge on any atom is -0.320 e. The Hall–Kier alpha value is -1.65. The lowest BCUT2D eigenvalue weighted by molar-refractivity contribution is -0.136. The number of allylic oxidation sites excluding steroid dienone is 1. The van der Waals surface area contributed by atoms with Crippen LogP contribution in [0.4, 0.5) is 0 Å². The average Bonchev–Trinajstić information content (AvgIpc) is 2.37. The maximum atomic E-state index is 11.4. The van der Waals surface area contributed by atoms with Gasteiger partial charge in [0, 0.05) is 0 Å². The van der Waals surface area contributed by atoms with Gasteiger partial charge < -0.3 is 5.73 Å². The Balaban J connectivity index is 2.22. The molecule has 1 aromatic rings. The van der Waals surface area contributed by atoms with Crippen molar-refractivity contribution in [2.45, 2.75) is 25.5 Å². The third kappa shape index (κ3) is 5.29. The molecule has 0 aliphatic carbocycles. The van der Waals surface area contributed by atoms with Crippen molar-refractivity contribution in [3.8, 4) is 0 Å². The van der Waals surface area contributed by atoms with Crippen molar-refractivity contribution in [3.63, 3.8) is 0 Å². The van der Waals surface area contributed by atoms with E-state index in [4.69, 9.17) is 10.6 Å². The van der Waals surface area contributed by atoms with Gasteiger partial charge in [-0.1, -0.05) is 36.4 Å². The van der Waals surface area contributed by atoms with Crippen LogP contribution in [-0.2, 0) is 16.2 Å². The molecule has 4 heteroatoms. The Bertz CT molecular complexity index is 352. The molecule has 0 saturated heterocycles. The summed E-state index contributed by atoms with van der Waals surface area (Å²) in [6.07, 6.45) is 3.02. The van der Waals surface area contributed by atoms with Gasteiger partial charge >= 0.3 is 0 Å². The summed E-state index contributed by atoms with van der Waals surface area (Å²) in [6, 6.07) is 9.04. The maximum Gasteiger partial charge on any atom is 0.260 e. The van der Waals surface area contributed by atoms with Gasteiger partial charge in [0.25, 0.3) is 5.91 Å². The topological polar surface area (TPSA) is 64.4 Å². The normalized spacial score (nSPS) is 11.8. The highest BCUT2D eigenvalue weighted by Crippen LogP contribution is 2.00. The molecule has 0 aromatic heterocycles. The van der Waals surface area contributed by atoms with E-state index in [0.29, 0.717) is 19.4 Å². The van der Waals surface area contributed by atoms with Gasteiger partial charge in [0.1, 0.15) is 0 Å². The van der Waals surface area contributed by atoms with Crippen LogP contribution < -0.4 is 11.2 Å². The Morgan fingerprint density at radius 1 is 1.47 bits per heavy atom. The SMILES string of the molecule is C=CCCC(N)C(=O)NOCc1ccccc1. The largest absolute Gasteiger partial charge is 0.320 e. The molecule has 0 saturated carbocycles. The van der Waals surface area contributed by atoms with Crippen molar-refractivity contribution < 1.29 is 9.63 Å². The fourth-order valence-electron chi connectivity index (χ4n) is 1.27. The van der Waals surface area contributed by atoms with Gasteiger partial charge in [-0.05, 0) is 18.4 Å². The van der Waals surface area contributed by atoms with Crippen LogP contribution in [0.1, 0.15) is 18.4 Å². The van der Waals surface area contributed by atoms with E-state index in [1.807, 2.05) is 30.3 Å². The molecule has 4 nitrogen and oxygen atoms in total. The number of amides is 1. The predicted octanol–water partition coefficient (Wildman–Crippen LogP) is 1.53. The predicted molar refractivity (Wildman–Crippen MR) is 66.8 cm³/mol. The molecule has 1 unspecified atom stereocenters. The molecule has 0 heterocycles. The van der Waals surface area contributed by atoms with E-state index in [-0.39, 0.29) is 5.91 Å². The van der Waals surface area contributed by atoms with Crippen LogP contribution in [0.2, 0.25) is 0 Å². The molecule has 0 fully saturated rings. The molecule has 3 N–H and O–H groups in total. The lowest BCUT2D eigenvalue weighted by atomic mass is 10.1. The van der Waals surface area contributed by atoms with Crippen molar-refractivity contribution in [1.82, 2.24) is 5.48 Å². The Labute approximate surface area is 101 Å². The number of hydrogen-bond acceptors (Lipinski definition) is 3. The van der Waals surface area contributed by atoms with Crippen LogP contribution >= 0.6 is 0 Å². The van der Waals surface area contributed by atoms with Crippen LogP contribution in [0.5, 0.6) is 0 Å². The van der Waals surface area contributed by atoms with Gasteiger partial charge in [-0.25, -0.2) is 5.48 Å². The number of nitrogens with two attached hydrogens (primary N) is 1. The second-order valence-corrected chi connectivity index (χ2v) is 3.71. The van der Waals surface area contributed by atoms with E-state index in [9.17, 15) is 4.79 Å². The molecule has 1 amide bonds. The van der Waals surface area contributed by atoms with Crippen molar-refractivity contribution in [2.24, 2.45) is 5.73 Å². The highest BCUT2D eigenvalue weighted by molar-refractivity contribution is 5.80. The monoisotopic (exact) mass is 234 g/mol. The molecular formula is C13H18N2O2. The molecule has 92 valence electrons. The molecule has 17 heavy (non-hydrogen) atoms. The lowest BCUT2D eigenvalue weighted by Crippen LogP contribution is -2.40. The van der Waals surface area contributed by atoms with Crippen LogP contribution in [0.25, 0.3) is 0 Å². The summed E-state index contributed by atoms with van der Waals surface area (Å²) in [5, 5.41) is 0. The van der Waals surface area contributed by atoms with Crippen LogP contribution in [0.15, 0.2) is 43.0 Å². The third-order valence-electron chi connectivity index (χ3n) is 2.27. The van der Waals surface area contributed by atoms with Crippen molar-refractivity contribution >= 4 is 5.91 Å². The molecule has 0 bridgehead atoms.